The highest BCUT2D eigenvalue weighted by Crippen LogP contribution is 2.34. The van der Waals surface area contributed by atoms with E-state index in [1.807, 2.05) is 26.1 Å². The minimum absolute atomic E-state index is 0.577. The summed E-state index contributed by atoms with van der Waals surface area (Å²) in [5.74, 6) is 0. The standard InChI is InChI=1S/C13H20FN/c1-4-6-12(7-5-2)13(14)8-10-15(3)11-9-13/h4-7H,1,8-11H2,2-3H3/b7-5-,12-6+. The number of allylic oxidation sites excluding steroid dienone is 5. The van der Waals surface area contributed by atoms with E-state index < -0.39 is 5.67 Å². The molecule has 0 aromatic rings. The van der Waals surface area contributed by atoms with Crippen molar-refractivity contribution in [1.82, 2.24) is 4.90 Å². The van der Waals surface area contributed by atoms with Gasteiger partial charge in [0.1, 0.15) is 5.67 Å². The minimum Gasteiger partial charge on any atom is -0.306 e. The molecule has 1 rings (SSSR count). The van der Waals surface area contributed by atoms with Crippen LogP contribution in [0.4, 0.5) is 4.39 Å². The Balaban J connectivity index is 2.82. The lowest BCUT2D eigenvalue weighted by atomic mass is 9.85. The number of alkyl halides is 1. The topological polar surface area (TPSA) is 3.24 Å². The fourth-order valence-electron chi connectivity index (χ4n) is 1.92. The third kappa shape index (κ3) is 3.03. The molecule has 1 heterocycles. The summed E-state index contributed by atoms with van der Waals surface area (Å²) in [6, 6.07) is 0. The van der Waals surface area contributed by atoms with Crippen LogP contribution in [0.15, 0.2) is 36.5 Å². The molecule has 0 unspecified atom stereocenters. The van der Waals surface area contributed by atoms with Gasteiger partial charge in [0.2, 0.25) is 0 Å². The molecule has 0 N–H and O–H groups in total. The normalized spacial score (nSPS) is 23.3. The summed E-state index contributed by atoms with van der Waals surface area (Å²) >= 11 is 0. The molecule has 2 heteroatoms. The number of likely N-dealkylation sites (tertiary alicyclic amines) is 1. The molecule has 1 saturated heterocycles. The lowest BCUT2D eigenvalue weighted by Crippen LogP contribution is -2.40. The van der Waals surface area contributed by atoms with E-state index in [9.17, 15) is 4.39 Å². The Kier molecular flexibility index (Phi) is 4.28. The Bertz CT molecular complexity index is 270. The third-order valence-corrected chi connectivity index (χ3v) is 2.94. The van der Waals surface area contributed by atoms with Crippen molar-refractivity contribution in [2.24, 2.45) is 0 Å². The molecule has 0 bridgehead atoms. The first-order chi connectivity index (χ1) is 7.12. The molecule has 0 aromatic heterocycles. The van der Waals surface area contributed by atoms with Gasteiger partial charge in [-0.2, -0.15) is 0 Å². The minimum atomic E-state index is -1.16. The van der Waals surface area contributed by atoms with Crippen LogP contribution in [0.1, 0.15) is 19.8 Å². The summed E-state index contributed by atoms with van der Waals surface area (Å²) < 4.78 is 14.6. The van der Waals surface area contributed by atoms with Crippen molar-refractivity contribution in [2.45, 2.75) is 25.4 Å². The van der Waals surface area contributed by atoms with Crippen LogP contribution in [-0.4, -0.2) is 30.7 Å². The van der Waals surface area contributed by atoms with Gasteiger partial charge in [-0.25, -0.2) is 4.39 Å². The van der Waals surface area contributed by atoms with Gasteiger partial charge in [-0.3, -0.25) is 0 Å². The van der Waals surface area contributed by atoms with Crippen LogP contribution in [0.2, 0.25) is 0 Å². The first-order valence-corrected chi connectivity index (χ1v) is 5.46. The van der Waals surface area contributed by atoms with Gasteiger partial charge in [0.25, 0.3) is 0 Å². The largest absolute Gasteiger partial charge is 0.306 e. The Morgan fingerprint density at radius 2 is 2.00 bits per heavy atom. The first-order valence-electron chi connectivity index (χ1n) is 5.46. The first kappa shape index (κ1) is 12.2. The lowest BCUT2D eigenvalue weighted by molar-refractivity contribution is 0.105. The van der Waals surface area contributed by atoms with Crippen molar-refractivity contribution >= 4 is 0 Å². The number of hydrogen-bond acceptors (Lipinski definition) is 1. The molecule has 1 fully saturated rings. The van der Waals surface area contributed by atoms with Gasteiger partial charge in [0, 0.05) is 13.1 Å². The monoisotopic (exact) mass is 209 g/mol. The smallest absolute Gasteiger partial charge is 0.138 e. The summed E-state index contributed by atoms with van der Waals surface area (Å²) in [6.45, 7) is 7.19. The van der Waals surface area contributed by atoms with Crippen molar-refractivity contribution in [3.63, 3.8) is 0 Å². The van der Waals surface area contributed by atoms with Gasteiger partial charge in [0.15, 0.2) is 0 Å². The maximum atomic E-state index is 14.6. The molecular formula is C13H20FN. The fraction of sp³-hybridized carbons (Fsp3) is 0.538. The Hall–Kier alpha value is -0.890. The third-order valence-electron chi connectivity index (χ3n) is 2.94. The second-order valence-corrected chi connectivity index (χ2v) is 4.13. The highest BCUT2D eigenvalue weighted by molar-refractivity contribution is 5.32. The molecule has 1 aliphatic rings. The van der Waals surface area contributed by atoms with Crippen molar-refractivity contribution in [3.8, 4) is 0 Å². The molecule has 0 saturated carbocycles. The predicted molar refractivity (Wildman–Crippen MR) is 63.7 cm³/mol. The van der Waals surface area contributed by atoms with Crippen LogP contribution >= 0.6 is 0 Å². The summed E-state index contributed by atoms with van der Waals surface area (Å²) in [7, 11) is 2.03. The summed E-state index contributed by atoms with van der Waals surface area (Å²) in [5.41, 5.74) is -0.402. The fourth-order valence-corrected chi connectivity index (χ4v) is 1.92. The molecule has 1 aliphatic heterocycles. The van der Waals surface area contributed by atoms with Crippen LogP contribution in [0, 0.1) is 0 Å². The lowest BCUT2D eigenvalue weighted by Gasteiger charge is -2.35. The van der Waals surface area contributed by atoms with Gasteiger partial charge in [-0.05, 0) is 32.4 Å². The Labute approximate surface area is 92.0 Å². The zero-order valence-corrected chi connectivity index (χ0v) is 9.67. The number of piperidine rings is 1. The van der Waals surface area contributed by atoms with E-state index >= 15 is 0 Å². The summed E-state index contributed by atoms with van der Waals surface area (Å²) in [5, 5.41) is 0. The summed E-state index contributed by atoms with van der Waals surface area (Å²) in [6.07, 6.45) is 8.34. The second kappa shape index (κ2) is 5.26. The van der Waals surface area contributed by atoms with Crippen LogP contribution in [0.5, 0.6) is 0 Å². The van der Waals surface area contributed by atoms with E-state index in [2.05, 4.69) is 11.5 Å². The molecule has 0 aliphatic carbocycles. The molecule has 1 nitrogen and oxygen atoms in total. The Morgan fingerprint density at radius 3 is 2.47 bits per heavy atom. The molecule has 0 aromatic carbocycles. The number of hydrogen-bond donors (Lipinski definition) is 0. The molecule has 84 valence electrons. The molecular weight excluding hydrogens is 189 g/mol. The van der Waals surface area contributed by atoms with Crippen LogP contribution in [-0.2, 0) is 0 Å². The average molecular weight is 209 g/mol. The Morgan fingerprint density at radius 1 is 1.40 bits per heavy atom. The maximum absolute atomic E-state index is 14.6. The van der Waals surface area contributed by atoms with Gasteiger partial charge >= 0.3 is 0 Å². The van der Waals surface area contributed by atoms with E-state index in [0.29, 0.717) is 12.8 Å². The van der Waals surface area contributed by atoms with E-state index in [0.717, 1.165) is 18.7 Å². The predicted octanol–water partition coefficient (Wildman–Crippen LogP) is 3.11. The van der Waals surface area contributed by atoms with Crippen molar-refractivity contribution in [3.05, 3.63) is 36.5 Å². The van der Waals surface area contributed by atoms with E-state index in [4.69, 9.17) is 0 Å². The number of halogens is 1. The highest BCUT2D eigenvalue weighted by Gasteiger charge is 2.35. The zero-order chi connectivity index (χ0) is 11.3. The van der Waals surface area contributed by atoms with Crippen molar-refractivity contribution < 1.29 is 4.39 Å². The SMILES string of the molecule is C=C/C=C(\C=C/C)C1(F)CCN(C)CC1. The zero-order valence-electron chi connectivity index (χ0n) is 9.67. The van der Waals surface area contributed by atoms with Gasteiger partial charge < -0.3 is 4.90 Å². The van der Waals surface area contributed by atoms with Gasteiger partial charge in [-0.15, -0.1) is 0 Å². The summed E-state index contributed by atoms with van der Waals surface area (Å²) in [4.78, 5) is 2.17. The van der Waals surface area contributed by atoms with E-state index in [-0.39, 0.29) is 0 Å². The molecule has 0 atom stereocenters. The molecule has 15 heavy (non-hydrogen) atoms. The van der Waals surface area contributed by atoms with E-state index in [1.165, 1.54) is 0 Å². The van der Waals surface area contributed by atoms with Crippen LogP contribution < -0.4 is 0 Å². The van der Waals surface area contributed by atoms with Crippen LogP contribution in [0.25, 0.3) is 0 Å². The molecule has 0 amide bonds. The number of nitrogens with zero attached hydrogens (tertiary/aromatic N) is 1. The maximum Gasteiger partial charge on any atom is 0.138 e. The highest BCUT2D eigenvalue weighted by atomic mass is 19.1. The quantitative estimate of drug-likeness (QED) is 0.646. The van der Waals surface area contributed by atoms with Crippen molar-refractivity contribution in [2.75, 3.05) is 20.1 Å². The van der Waals surface area contributed by atoms with Crippen molar-refractivity contribution in [1.29, 1.82) is 0 Å². The van der Waals surface area contributed by atoms with Crippen LogP contribution in [0.3, 0.4) is 0 Å². The molecule has 0 radical (unpaired) electrons. The van der Waals surface area contributed by atoms with Gasteiger partial charge in [0.05, 0.1) is 0 Å². The van der Waals surface area contributed by atoms with E-state index in [1.54, 1.807) is 12.2 Å². The molecule has 0 spiro atoms. The average Bonchev–Trinajstić information content (AvgIpc) is 2.23. The number of rotatable bonds is 3. The second-order valence-electron chi connectivity index (χ2n) is 4.13. The van der Waals surface area contributed by atoms with Gasteiger partial charge in [-0.1, -0.05) is 30.9 Å².